The first-order valence-corrected chi connectivity index (χ1v) is 5.34. The summed E-state index contributed by atoms with van der Waals surface area (Å²) in [6, 6.07) is 7.35. The van der Waals surface area contributed by atoms with Crippen LogP contribution in [-0.4, -0.2) is 19.0 Å². The molecule has 1 heterocycles. The van der Waals surface area contributed by atoms with Gasteiger partial charge in [-0.15, -0.1) is 0 Å². The van der Waals surface area contributed by atoms with Gasteiger partial charge in [-0.25, -0.2) is 8.78 Å². The van der Waals surface area contributed by atoms with Gasteiger partial charge in [-0.05, 0) is 12.1 Å². The first-order valence-electron chi connectivity index (χ1n) is 4.96. The van der Waals surface area contributed by atoms with Gasteiger partial charge in [0.1, 0.15) is 0 Å². The van der Waals surface area contributed by atoms with E-state index in [1.54, 1.807) is 6.07 Å². The molecule has 1 aromatic carbocycles. The molecule has 1 aliphatic heterocycles. The van der Waals surface area contributed by atoms with E-state index in [0.717, 1.165) is 5.69 Å². The molecule has 0 aliphatic carbocycles. The summed E-state index contributed by atoms with van der Waals surface area (Å²) >= 11 is 6.00. The highest BCUT2D eigenvalue weighted by Gasteiger charge is 2.34. The molecule has 2 rings (SSSR count). The van der Waals surface area contributed by atoms with E-state index in [9.17, 15) is 8.78 Å². The van der Waals surface area contributed by atoms with E-state index in [2.05, 4.69) is 0 Å². The van der Waals surface area contributed by atoms with E-state index in [-0.39, 0.29) is 12.8 Å². The largest absolute Gasteiger partial charge is 0.370 e. The van der Waals surface area contributed by atoms with Gasteiger partial charge >= 0.3 is 0 Å². The van der Waals surface area contributed by atoms with Crippen molar-refractivity contribution in [2.24, 2.45) is 0 Å². The van der Waals surface area contributed by atoms with Crippen LogP contribution in [0, 0.1) is 0 Å². The minimum Gasteiger partial charge on any atom is -0.370 e. The van der Waals surface area contributed by atoms with Gasteiger partial charge in [-0.2, -0.15) is 0 Å². The van der Waals surface area contributed by atoms with Gasteiger partial charge in [0, 0.05) is 25.9 Å². The van der Waals surface area contributed by atoms with Crippen LogP contribution in [-0.2, 0) is 0 Å². The summed E-state index contributed by atoms with van der Waals surface area (Å²) in [6.45, 7) is 0.744. The summed E-state index contributed by atoms with van der Waals surface area (Å²) in [6.07, 6.45) is -0.170. The number of rotatable bonds is 1. The van der Waals surface area contributed by atoms with Crippen molar-refractivity contribution in [3.8, 4) is 0 Å². The van der Waals surface area contributed by atoms with Crippen LogP contribution in [0.15, 0.2) is 24.3 Å². The zero-order chi connectivity index (χ0) is 10.9. The van der Waals surface area contributed by atoms with E-state index in [0.29, 0.717) is 18.1 Å². The normalized spacial score (nSPS) is 20.3. The summed E-state index contributed by atoms with van der Waals surface area (Å²) < 4.78 is 25.9. The van der Waals surface area contributed by atoms with Crippen LogP contribution in [0.1, 0.15) is 12.8 Å². The lowest BCUT2D eigenvalue weighted by atomic mass is 10.1. The van der Waals surface area contributed by atoms with Crippen molar-refractivity contribution in [3.05, 3.63) is 29.3 Å². The van der Waals surface area contributed by atoms with Crippen LogP contribution < -0.4 is 4.90 Å². The number of alkyl halides is 2. The zero-order valence-electron chi connectivity index (χ0n) is 8.22. The smallest absolute Gasteiger partial charge is 0.251 e. The van der Waals surface area contributed by atoms with Gasteiger partial charge in [0.05, 0.1) is 10.7 Å². The van der Waals surface area contributed by atoms with Crippen molar-refractivity contribution in [1.82, 2.24) is 0 Å². The molecule has 1 aliphatic rings. The predicted octanol–water partition coefficient (Wildman–Crippen LogP) is 3.58. The summed E-state index contributed by atoms with van der Waals surface area (Å²) in [4.78, 5) is 1.92. The topological polar surface area (TPSA) is 3.24 Å². The lowest BCUT2D eigenvalue weighted by Gasteiger charge is -2.33. The molecule has 0 amide bonds. The second-order valence-corrected chi connectivity index (χ2v) is 4.20. The molecule has 0 aromatic heterocycles. The molecule has 1 fully saturated rings. The maximum atomic E-state index is 12.9. The second-order valence-electron chi connectivity index (χ2n) is 3.79. The van der Waals surface area contributed by atoms with Crippen molar-refractivity contribution >= 4 is 17.3 Å². The highest BCUT2D eigenvalue weighted by molar-refractivity contribution is 6.33. The summed E-state index contributed by atoms with van der Waals surface area (Å²) in [5, 5.41) is 0.628. The Morgan fingerprint density at radius 3 is 2.33 bits per heavy atom. The monoisotopic (exact) mass is 231 g/mol. The van der Waals surface area contributed by atoms with Crippen LogP contribution in [0.2, 0.25) is 5.02 Å². The molecular formula is C11H12ClF2N. The number of para-hydroxylation sites is 1. The van der Waals surface area contributed by atoms with E-state index in [1.807, 2.05) is 23.1 Å². The van der Waals surface area contributed by atoms with Crippen LogP contribution in [0.3, 0.4) is 0 Å². The molecule has 0 bridgehead atoms. The van der Waals surface area contributed by atoms with Crippen LogP contribution in [0.25, 0.3) is 0 Å². The highest BCUT2D eigenvalue weighted by Crippen LogP contribution is 2.33. The number of hydrogen-bond donors (Lipinski definition) is 0. The molecule has 0 N–H and O–H groups in total. The molecule has 4 heteroatoms. The number of halogens is 3. The molecule has 1 aromatic rings. The number of nitrogens with zero attached hydrogens (tertiary/aromatic N) is 1. The van der Waals surface area contributed by atoms with Crippen LogP contribution >= 0.6 is 11.6 Å². The Morgan fingerprint density at radius 1 is 1.13 bits per heavy atom. The third-order valence-electron chi connectivity index (χ3n) is 2.69. The van der Waals surface area contributed by atoms with Gasteiger partial charge in [0.15, 0.2) is 0 Å². The van der Waals surface area contributed by atoms with Crippen molar-refractivity contribution in [2.75, 3.05) is 18.0 Å². The maximum Gasteiger partial charge on any atom is 0.251 e. The maximum absolute atomic E-state index is 12.9. The third kappa shape index (κ3) is 2.40. The zero-order valence-corrected chi connectivity index (χ0v) is 8.97. The Morgan fingerprint density at radius 2 is 1.73 bits per heavy atom. The average molecular weight is 232 g/mol. The molecule has 0 unspecified atom stereocenters. The van der Waals surface area contributed by atoms with E-state index in [4.69, 9.17) is 11.6 Å². The molecule has 1 saturated heterocycles. The molecule has 82 valence electrons. The fourth-order valence-corrected chi connectivity index (χ4v) is 2.04. The standard InChI is InChI=1S/C11H12ClF2N/c12-9-3-1-2-4-10(9)15-7-5-11(13,14)6-8-15/h1-4H,5-8H2. The van der Waals surface area contributed by atoms with Gasteiger partial charge in [-0.3, -0.25) is 0 Å². The Labute approximate surface area is 92.6 Å². The van der Waals surface area contributed by atoms with Crippen molar-refractivity contribution in [3.63, 3.8) is 0 Å². The first-order chi connectivity index (χ1) is 7.08. The van der Waals surface area contributed by atoms with Gasteiger partial charge in [0.25, 0.3) is 5.92 Å². The van der Waals surface area contributed by atoms with E-state index >= 15 is 0 Å². The first kappa shape index (κ1) is 10.7. The highest BCUT2D eigenvalue weighted by atomic mass is 35.5. The fraction of sp³-hybridized carbons (Fsp3) is 0.455. The number of benzene rings is 1. The molecule has 0 spiro atoms. The van der Waals surface area contributed by atoms with Gasteiger partial charge in [0.2, 0.25) is 0 Å². The Kier molecular flexibility index (Phi) is 2.83. The number of hydrogen-bond acceptors (Lipinski definition) is 1. The summed E-state index contributed by atoms with van der Waals surface area (Å²) in [7, 11) is 0. The van der Waals surface area contributed by atoms with Gasteiger partial charge < -0.3 is 4.90 Å². The predicted molar refractivity (Wildman–Crippen MR) is 57.8 cm³/mol. The molecule has 15 heavy (non-hydrogen) atoms. The van der Waals surface area contributed by atoms with E-state index < -0.39 is 5.92 Å². The van der Waals surface area contributed by atoms with Crippen molar-refractivity contribution in [1.29, 1.82) is 0 Å². The molecule has 0 atom stereocenters. The third-order valence-corrected chi connectivity index (χ3v) is 3.01. The quantitative estimate of drug-likeness (QED) is 0.714. The lowest BCUT2D eigenvalue weighted by Crippen LogP contribution is -2.39. The molecule has 0 saturated carbocycles. The van der Waals surface area contributed by atoms with Crippen molar-refractivity contribution < 1.29 is 8.78 Å². The minimum atomic E-state index is -2.50. The van der Waals surface area contributed by atoms with Crippen LogP contribution in [0.5, 0.6) is 0 Å². The fourth-order valence-electron chi connectivity index (χ4n) is 1.78. The molecular weight excluding hydrogens is 220 g/mol. The average Bonchev–Trinajstić information content (AvgIpc) is 2.19. The van der Waals surface area contributed by atoms with Gasteiger partial charge in [-0.1, -0.05) is 23.7 Å². The summed E-state index contributed by atoms with van der Waals surface area (Å²) in [5.41, 5.74) is 0.856. The molecule has 0 radical (unpaired) electrons. The summed E-state index contributed by atoms with van der Waals surface area (Å²) in [5.74, 6) is -2.50. The SMILES string of the molecule is FC1(F)CCN(c2ccccc2Cl)CC1. The minimum absolute atomic E-state index is 0.0851. The number of piperidine rings is 1. The lowest BCUT2D eigenvalue weighted by molar-refractivity contribution is -0.0220. The van der Waals surface area contributed by atoms with E-state index in [1.165, 1.54) is 0 Å². The van der Waals surface area contributed by atoms with Crippen molar-refractivity contribution in [2.45, 2.75) is 18.8 Å². The molecule has 1 nitrogen and oxygen atoms in total. The van der Waals surface area contributed by atoms with Crippen LogP contribution in [0.4, 0.5) is 14.5 Å². The Balaban J connectivity index is 2.11. The Hall–Kier alpha value is -0.830. The number of anilines is 1. The second kappa shape index (κ2) is 3.97. The Bertz CT molecular complexity index is 344.